The van der Waals surface area contributed by atoms with Crippen molar-refractivity contribution in [1.29, 1.82) is 0 Å². The second-order valence-electron chi connectivity index (χ2n) is 6.64. The molecule has 0 spiro atoms. The van der Waals surface area contributed by atoms with Gasteiger partial charge in [-0.1, -0.05) is 12.1 Å². The van der Waals surface area contributed by atoms with Crippen molar-refractivity contribution in [3.8, 4) is 11.5 Å². The minimum atomic E-state index is -4.18. The van der Waals surface area contributed by atoms with Gasteiger partial charge in [0.2, 0.25) is 0 Å². The molecule has 1 N–H and O–H groups in total. The number of carbonyl (C=O) groups is 2. The Kier molecular flexibility index (Phi) is 5.94. The summed E-state index contributed by atoms with van der Waals surface area (Å²) in [7, 11) is 1.29. The number of hydrogen-bond donors (Lipinski definition) is 1. The minimum Gasteiger partial charge on any atom is -0.493 e. The van der Waals surface area contributed by atoms with Gasteiger partial charge in [-0.05, 0) is 30.7 Å². The van der Waals surface area contributed by atoms with Gasteiger partial charge in [0.25, 0.3) is 15.9 Å². The third-order valence-corrected chi connectivity index (χ3v) is 6.92. The van der Waals surface area contributed by atoms with Crippen LogP contribution in [-0.2, 0) is 19.6 Å². The predicted octanol–water partition coefficient (Wildman–Crippen LogP) is 2.64. The van der Waals surface area contributed by atoms with Crippen LogP contribution in [0.4, 0.5) is 11.4 Å². The summed E-state index contributed by atoms with van der Waals surface area (Å²) in [5, 5.41) is 2.52. The Balaban J connectivity index is 2.15. The van der Waals surface area contributed by atoms with Crippen molar-refractivity contribution in [3.63, 3.8) is 0 Å². The predicted molar refractivity (Wildman–Crippen MR) is 116 cm³/mol. The molecule has 2 aromatic rings. The lowest BCUT2D eigenvalue weighted by Crippen LogP contribution is -2.36. The maximum Gasteiger partial charge on any atom is 0.339 e. The summed E-state index contributed by atoms with van der Waals surface area (Å²) in [6, 6.07) is 9.32. The lowest BCUT2D eigenvalue weighted by Gasteiger charge is -2.30. The standard InChI is InChI=1S/C21H22N2O7S/c1-12-14-10-17(28-3)18(29-4)11-16(14)23(2)31(26,27)19(12)20(24)22-15-9-7-6-8-13(15)21(25)30-5/h6-11H,1-5H3,(H,22,24). The highest BCUT2D eigenvalue weighted by Gasteiger charge is 2.38. The van der Waals surface area contributed by atoms with Gasteiger partial charge in [-0.2, -0.15) is 0 Å². The monoisotopic (exact) mass is 446 g/mol. The smallest absolute Gasteiger partial charge is 0.339 e. The Morgan fingerprint density at radius 1 is 1.00 bits per heavy atom. The van der Waals surface area contributed by atoms with Crippen LogP contribution < -0.4 is 19.1 Å². The van der Waals surface area contributed by atoms with Crippen LogP contribution in [0.3, 0.4) is 0 Å². The number of methoxy groups -OCH3 is 3. The summed E-state index contributed by atoms with van der Waals surface area (Å²) in [6.45, 7) is 1.54. The van der Waals surface area contributed by atoms with Gasteiger partial charge in [0, 0.05) is 18.7 Å². The van der Waals surface area contributed by atoms with Crippen molar-refractivity contribution < 1.29 is 32.2 Å². The first-order valence-corrected chi connectivity index (χ1v) is 10.6. The Bertz CT molecular complexity index is 1200. The number of fused-ring (bicyclic) bond motifs is 1. The zero-order chi connectivity index (χ0) is 22.9. The van der Waals surface area contributed by atoms with E-state index in [1.807, 2.05) is 0 Å². The van der Waals surface area contributed by atoms with E-state index in [0.717, 1.165) is 4.31 Å². The SMILES string of the molecule is COC(=O)c1ccccc1NC(=O)C1=C(C)c2cc(OC)c(OC)cc2N(C)S1(=O)=O. The third-order valence-electron chi connectivity index (χ3n) is 4.99. The molecule has 0 unspecified atom stereocenters. The van der Waals surface area contributed by atoms with E-state index in [9.17, 15) is 18.0 Å². The number of anilines is 2. The van der Waals surface area contributed by atoms with Crippen LogP contribution in [0.15, 0.2) is 41.3 Å². The number of ether oxygens (including phenoxy) is 3. The first-order valence-electron chi connectivity index (χ1n) is 9.12. The number of benzene rings is 2. The van der Waals surface area contributed by atoms with Crippen LogP contribution >= 0.6 is 0 Å². The Labute approximate surface area is 180 Å². The molecule has 10 heteroatoms. The molecule has 3 rings (SSSR count). The largest absolute Gasteiger partial charge is 0.493 e. The Morgan fingerprint density at radius 2 is 1.61 bits per heavy atom. The van der Waals surface area contributed by atoms with E-state index in [0.29, 0.717) is 22.7 Å². The maximum absolute atomic E-state index is 13.2. The molecular weight excluding hydrogens is 424 g/mol. The molecule has 1 heterocycles. The fourth-order valence-corrected chi connectivity index (χ4v) is 4.82. The lowest BCUT2D eigenvalue weighted by molar-refractivity contribution is -0.112. The summed E-state index contributed by atoms with van der Waals surface area (Å²) in [6.07, 6.45) is 0. The summed E-state index contributed by atoms with van der Waals surface area (Å²) in [5.41, 5.74) is 1.32. The van der Waals surface area contributed by atoms with E-state index in [1.54, 1.807) is 18.2 Å². The highest BCUT2D eigenvalue weighted by molar-refractivity contribution is 7.97. The van der Waals surface area contributed by atoms with Crippen molar-refractivity contribution >= 4 is 38.8 Å². The second kappa shape index (κ2) is 8.31. The van der Waals surface area contributed by atoms with Gasteiger partial charge in [-0.3, -0.25) is 9.10 Å². The molecule has 0 atom stereocenters. The number of carbonyl (C=O) groups excluding carboxylic acids is 2. The van der Waals surface area contributed by atoms with Gasteiger partial charge in [0.1, 0.15) is 0 Å². The fourth-order valence-electron chi connectivity index (χ4n) is 3.36. The normalized spacial score (nSPS) is 14.5. The van der Waals surface area contributed by atoms with E-state index in [2.05, 4.69) is 5.32 Å². The van der Waals surface area contributed by atoms with Crippen LogP contribution in [0, 0.1) is 0 Å². The molecule has 0 fully saturated rings. The average molecular weight is 446 g/mol. The first-order chi connectivity index (χ1) is 14.7. The number of sulfonamides is 1. The van der Waals surface area contributed by atoms with Crippen molar-refractivity contribution in [3.05, 3.63) is 52.4 Å². The molecule has 2 aromatic carbocycles. The van der Waals surface area contributed by atoms with Crippen molar-refractivity contribution in [2.75, 3.05) is 38.0 Å². The number of esters is 1. The van der Waals surface area contributed by atoms with Gasteiger partial charge in [-0.15, -0.1) is 0 Å². The number of amides is 1. The molecule has 164 valence electrons. The molecule has 1 aliphatic rings. The van der Waals surface area contributed by atoms with Crippen molar-refractivity contribution in [2.45, 2.75) is 6.92 Å². The second-order valence-corrected chi connectivity index (χ2v) is 8.55. The summed E-state index contributed by atoms with van der Waals surface area (Å²) in [4.78, 5) is 24.7. The van der Waals surface area contributed by atoms with E-state index >= 15 is 0 Å². The van der Waals surface area contributed by atoms with Crippen LogP contribution in [0.1, 0.15) is 22.8 Å². The number of hydrogen-bond acceptors (Lipinski definition) is 7. The number of rotatable bonds is 5. The summed E-state index contributed by atoms with van der Waals surface area (Å²) in [5.74, 6) is -0.784. The molecule has 31 heavy (non-hydrogen) atoms. The lowest BCUT2D eigenvalue weighted by atomic mass is 10.0. The van der Waals surface area contributed by atoms with E-state index in [-0.39, 0.29) is 16.8 Å². The highest BCUT2D eigenvalue weighted by Crippen LogP contribution is 2.44. The fraction of sp³-hybridized carbons (Fsp3) is 0.238. The molecule has 0 bridgehead atoms. The van der Waals surface area contributed by atoms with Crippen molar-refractivity contribution in [1.82, 2.24) is 0 Å². The average Bonchev–Trinajstić information content (AvgIpc) is 2.76. The van der Waals surface area contributed by atoms with Crippen molar-refractivity contribution in [2.24, 2.45) is 0 Å². The number of para-hydroxylation sites is 1. The Hall–Kier alpha value is -3.53. The zero-order valence-electron chi connectivity index (χ0n) is 17.7. The number of nitrogens with zero attached hydrogens (tertiary/aromatic N) is 1. The van der Waals surface area contributed by atoms with E-state index in [4.69, 9.17) is 14.2 Å². The molecule has 1 aliphatic heterocycles. The van der Waals surface area contributed by atoms with Crippen LogP contribution in [-0.4, -0.2) is 48.7 Å². The molecule has 9 nitrogen and oxygen atoms in total. The Morgan fingerprint density at radius 3 is 2.23 bits per heavy atom. The topological polar surface area (TPSA) is 111 Å². The zero-order valence-corrected chi connectivity index (χ0v) is 18.5. The number of allylic oxidation sites excluding steroid dienone is 1. The van der Waals surface area contributed by atoms with Gasteiger partial charge in [-0.25, -0.2) is 13.2 Å². The molecular formula is C21H22N2O7S. The van der Waals surface area contributed by atoms with Gasteiger partial charge in [0.15, 0.2) is 16.4 Å². The molecule has 0 aromatic heterocycles. The maximum atomic E-state index is 13.2. The quantitative estimate of drug-likeness (QED) is 0.703. The van der Waals surface area contributed by atoms with Gasteiger partial charge in [0.05, 0.1) is 38.3 Å². The summed E-state index contributed by atoms with van der Waals surface area (Å²) >= 11 is 0. The molecule has 0 aliphatic carbocycles. The van der Waals surface area contributed by atoms with Crippen LogP contribution in [0.2, 0.25) is 0 Å². The van der Waals surface area contributed by atoms with Crippen LogP contribution in [0.5, 0.6) is 11.5 Å². The highest BCUT2D eigenvalue weighted by atomic mass is 32.2. The number of nitrogens with one attached hydrogen (secondary N) is 1. The van der Waals surface area contributed by atoms with E-state index < -0.39 is 26.8 Å². The van der Waals surface area contributed by atoms with Crippen LogP contribution in [0.25, 0.3) is 5.57 Å². The minimum absolute atomic E-state index is 0.102. The molecule has 0 saturated heterocycles. The van der Waals surface area contributed by atoms with Gasteiger partial charge < -0.3 is 19.5 Å². The third kappa shape index (κ3) is 3.70. The van der Waals surface area contributed by atoms with Gasteiger partial charge >= 0.3 is 5.97 Å². The van der Waals surface area contributed by atoms with E-state index in [1.165, 1.54) is 53.5 Å². The first kappa shape index (κ1) is 22.2. The summed E-state index contributed by atoms with van der Waals surface area (Å²) < 4.78 is 42.7. The molecule has 0 saturated carbocycles. The molecule has 0 radical (unpaired) electrons. The molecule has 1 amide bonds.